The highest BCUT2D eigenvalue weighted by Crippen LogP contribution is 2.14. The standard InChI is InChI=1S/C13H26ClNO/c1-2-11-16-13-7-6-10-15(12-13)9-5-3-4-8-14/h13H,2-12H2,1H3. The van der Waals surface area contributed by atoms with Gasteiger partial charge in [-0.2, -0.15) is 0 Å². The van der Waals surface area contributed by atoms with Crippen LogP contribution in [0, 0.1) is 0 Å². The molecular formula is C13H26ClNO. The molecule has 1 rings (SSSR count). The van der Waals surface area contributed by atoms with Crippen LogP contribution in [0.2, 0.25) is 0 Å². The topological polar surface area (TPSA) is 12.5 Å². The quantitative estimate of drug-likeness (QED) is 0.482. The molecule has 1 saturated heterocycles. The summed E-state index contributed by atoms with van der Waals surface area (Å²) in [4.78, 5) is 2.55. The summed E-state index contributed by atoms with van der Waals surface area (Å²) < 4.78 is 5.83. The molecule has 0 aliphatic carbocycles. The van der Waals surface area contributed by atoms with Crippen LogP contribution in [0.25, 0.3) is 0 Å². The van der Waals surface area contributed by atoms with Gasteiger partial charge in [-0.1, -0.05) is 13.3 Å². The number of likely N-dealkylation sites (tertiary alicyclic amines) is 1. The fourth-order valence-electron chi connectivity index (χ4n) is 2.24. The molecule has 0 N–H and O–H groups in total. The van der Waals surface area contributed by atoms with Gasteiger partial charge in [0, 0.05) is 19.0 Å². The highest BCUT2D eigenvalue weighted by molar-refractivity contribution is 6.17. The number of alkyl halides is 1. The summed E-state index contributed by atoms with van der Waals surface area (Å²) in [6, 6.07) is 0. The van der Waals surface area contributed by atoms with Crippen molar-refractivity contribution in [3.8, 4) is 0 Å². The lowest BCUT2D eigenvalue weighted by Crippen LogP contribution is -2.40. The summed E-state index contributed by atoms with van der Waals surface area (Å²) in [5.74, 6) is 0.808. The lowest BCUT2D eigenvalue weighted by Gasteiger charge is -2.32. The lowest BCUT2D eigenvalue weighted by atomic mass is 10.1. The van der Waals surface area contributed by atoms with Gasteiger partial charge in [-0.05, 0) is 45.2 Å². The van der Waals surface area contributed by atoms with Crippen LogP contribution in [0.1, 0.15) is 45.4 Å². The van der Waals surface area contributed by atoms with Gasteiger partial charge in [-0.3, -0.25) is 0 Å². The Hall–Kier alpha value is 0.210. The molecule has 0 aromatic carbocycles. The van der Waals surface area contributed by atoms with E-state index in [2.05, 4.69) is 11.8 Å². The molecule has 0 spiro atoms. The largest absolute Gasteiger partial charge is 0.377 e. The molecule has 2 nitrogen and oxygen atoms in total. The van der Waals surface area contributed by atoms with Gasteiger partial charge < -0.3 is 9.64 Å². The minimum atomic E-state index is 0.488. The normalized spacial score (nSPS) is 22.5. The third kappa shape index (κ3) is 6.07. The van der Waals surface area contributed by atoms with Gasteiger partial charge in [0.05, 0.1) is 6.10 Å². The Morgan fingerprint density at radius 3 is 2.94 bits per heavy atom. The van der Waals surface area contributed by atoms with Gasteiger partial charge in [-0.25, -0.2) is 0 Å². The molecule has 1 atom stereocenters. The Labute approximate surface area is 105 Å². The molecule has 1 aliphatic heterocycles. The molecule has 3 heteroatoms. The fraction of sp³-hybridized carbons (Fsp3) is 1.00. The van der Waals surface area contributed by atoms with Crippen molar-refractivity contribution in [2.45, 2.75) is 51.6 Å². The number of rotatable bonds is 8. The third-order valence-electron chi connectivity index (χ3n) is 3.13. The van der Waals surface area contributed by atoms with Crippen molar-refractivity contribution in [1.29, 1.82) is 0 Å². The molecule has 0 radical (unpaired) electrons. The van der Waals surface area contributed by atoms with E-state index in [9.17, 15) is 0 Å². The highest BCUT2D eigenvalue weighted by atomic mass is 35.5. The van der Waals surface area contributed by atoms with Gasteiger partial charge in [0.25, 0.3) is 0 Å². The van der Waals surface area contributed by atoms with Crippen LogP contribution < -0.4 is 0 Å². The molecule has 96 valence electrons. The van der Waals surface area contributed by atoms with E-state index < -0.39 is 0 Å². The minimum Gasteiger partial charge on any atom is -0.377 e. The summed E-state index contributed by atoms with van der Waals surface area (Å²) in [6.45, 7) is 6.72. The summed E-state index contributed by atoms with van der Waals surface area (Å²) in [7, 11) is 0. The zero-order chi connectivity index (χ0) is 11.6. The number of unbranched alkanes of at least 4 members (excludes halogenated alkanes) is 2. The monoisotopic (exact) mass is 247 g/mol. The number of halogens is 1. The second-order valence-corrected chi connectivity index (χ2v) is 5.06. The van der Waals surface area contributed by atoms with Crippen molar-refractivity contribution in [2.75, 3.05) is 32.1 Å². The summed E-state index contributed by atoms with van der Waals surface area (Å²) in [5, 5.41) is 0. The van der Waals surface area contributed by atoms with Crippen molar-refractivity contribution < 1.29 is 4.74 Å². The Morgan fingerprint density at radius 1 is 1.31 bits per heavy atom. The maximum absolute atomic E-state index is 5.83. The van der Waals surface area contributed by atoms with Gasteiger partial charge in [-0.15, -0.1) is 11.6 Å². The van der Waals surface area contributed by atoms with Crippen molar-refractivity contribution in [1.82, 2.24) is 4.90 Å². The van der Waals surface area contributed by atoms with E-state index in [1.54, 1.807) is 0 Å². The maximum atomic E-state index is 5.83. The summed E-state index contributed by atoms with van der Waals surface area (Å²) >= 11 is 5.67. The number of hydrogen-bond donors (Lipinski definition) is 0. The SMILES string of the molecule is CCCOC1CCCN(CCCCCCl)C1. The predicted molar refractivity (Wildman–Crippen MR) is 70.3 cm³/mol. The van der Waals surface area contributed by atoms with Gasteiger partial charge in [0.1, 0.15) is 0 Å². The first kappa shape index (κ1) is 14.3. The van der Waals surface area contributed by atoms with E-state index in [4.69, 9.17) is 16.3 Å². The number of piperidine rings is 1. The van der Waals surface area contributed by atoms with Crippen LogP contribution >= 0.6 is 11.6 Å². The second kappa shape index (κ2) is 9.26. The molecule has 0 amide bonds. The first-order valence-electron chi connectivity index (χ1n) is 6.76. The first-order chi connectivity index (χ1) is 7.86. The zero-order valence-electron chi connectivity index (χ0n) is 10.6. The Bertz CT molecular complexity index is 166. The van der Waals surface area contributed by atoms with Gasteiger partial charge in [0.15, 0.2) is 0 Å². The first-order valence-corrected chi connectivity index (χ1v) is 7.30. The Balaban J connectivity index is 2.07. The van der Waals surface area contributed by atoms with E-state index in [0.29, 0.717) is 6.10 Å². The molecule has 1 heterocycles. The number of hydrogen-bond acceptors (Lipinski definition) is 2. The van der Waals surface area contributed by atoms with Crippen molar-refractivity contribution in [2.24, 2.45) is 0 Å². The third-order valence-corrected chi connectivity index (χ3v) is 3.40. The van der Waals surface area contributed by atoms with Crippen LogP contribution in [0.3, 0.4) is 0 Å². The number of ether oxygens (including phenoxy) is 1. The molecular weight excluding hydrogens is 222 g/mol. The van der Waals surface area contributed by atoms with Gasteiger partial charge >= 0.3 is 0 Å². The van der Waals surface area contributed by atoms with E-state index >= 15 is 0 Å². The zero-order valence-corrected chi connectivity index (χ0v) is 11.3. The molecule has 0 aromatic rings. The van der Waals surface area contributed by atoms with E-state index in [1.165, 1.54) is 38.8 Å². The predicted octanol–water partition coefficient (Wildman–Crippen LogP) is 3.29. The maximum Gasteiger partial charge on any atom is 0.0702 e. The molecule has 1 aliphatic rings. The highest BCUT2D eigenvalue weighted by Gasteiger charge is 2.19. The van der Waals surface area contributed by atoms with Crippen molar-refractivity contribution >= 4 is 11.6 Å². The molecule has 0 bridgehead atoms. The van der Waals surface area contributed by atoms with Crippen molar-refractivity contribution in [3.63, 3.8) is 0 Å². The van der Waals surface area contributed by atoms with Crippen LogP contribution in [-0.4, -0.2) is 43.1 Å². The van der Waals surface area contributed by atoms with Crippen LogP contribution in [0.5, 0.6) is 0 Å². The van der Waals surface area contributed by atoms with Crippen LogP contribution in [0.4, 0.5) is 0 Å². The summed E-state index contributed by atoms with van der Waals surface area (Å²) in [6.07, 6.45) is 7.87. The van der Waals surface area contributed by atoms with Gasteiger partial charge in [0.2, 0.25) is 0 Å². The van der Waals surface area contributed by atoms with Crippen molar-refractivity contribution in [3.05, 3.63) is 0 Å². The van der Waals surface area contributed by atoms with E-state index in [1.807, 2.05) is 0 Å². The van der Waals surface area contributed by atoms with Crippen LogP contribution in [0.15, 0.2) is 0 Å². The average Bonchev–Trinajstić information content (AvgIpc) is 2.33. The Morgan fingerprint density at radius 2 is 2.19 bits per heavy atom. The number of nitrogens with zero attached hydrogens (tertiary/aromatic N) is 1. The smallest absolute Gasteiger partial charge is 0.0702 e. The molecule has 0 aromatic heterocycles. The van der Waals surface area contributed by atoms with Crippen LogP contribution in [-0.2, 0) is 4.74 Å². The summed E-state index contributed by atoms with van der Waals surface area (Å²) in [5.41, 5.74) is 0. The molecule has 0 saturated carbocycles. The lowest BCUT2D eigenvalue weighted by molar-refractivity contribution is -0.000332. The average molecular weight is 248 g/mol. The minimum absolute atomic E-state index is 0.488. The van der Waals surface area contributed by atoms with E-state index in [0.717, 1.165) is 31.9 Å². The molecule has 1 unspecified atom stereocenters. The van der Waals surface area contributed by atoms with E-state index in [-0.39, 0.29) is 0 Å². The molecule has 16 heavy (non-hydrogen) atoms. The molecule has 1 fully saturated rings. The Kier molecular flexibility index (Phi) is 8.26. The fourth-order valence-corrected chi connectivity index (χ4v) is 2.43. The second-order valence-electron chi connectivity index (χ2n) is 4.69.